The maximum absolute atomic E-state index is 4.55. The number of allylic oxidation sites excluding steroid dienone is 1. The van der Waals surface area contributed by atoms with E-state index in [9.17, 15) is 0 Å². The van der Waals surface area contributed by atoms with Crippen molar-refractivity contribution in [3.63, 3.8) is 0 Å². The van der Waals surface area contributed by atoms with Crippen molar-refractivity contribution in [3.05, 3.63) is 145 Å². The zero-order chi connectivity index (χ0) is 29.0. The fraction of sp³-hybridized carbons (Fsp3) is 0.200. The van der Waals surface area contributed by atoms with Crippen LogP contribution in [0, 0.1) is 12.1 Å². The van der Waals surface area contributed by atoms with Crippen LogP contribution in [0.3, 0.4) is 0 Å². The number of hydrogen-bond donors (Lipinski definition) is 0. The molecule has 0 aliphatic heterocycles. The molecule has 0 atom stereocenters. The monoisotopic (exact) mass is 739 g/mol. The average Bonchev–Trinajstić information content (AvgIpc) is 3.06. The fourth-order valence-electron chi connectivity index (χ4n) is 5.19. The first kappa shape index (κ1) is 32.0. The zero-order valence-electron chi connectivity index (χ0n) is 24.9. The summed E-state index contributed by atoms with van der Waals surface area (Å²) in [5.74, 6) is 0. The van der Waals surface area contributed by atoms with Gasteiger partial charge in [0.2, 0.25) is 0 Å². The second-order valence-electron chi connectivity index (χ2n) is 10.6. The number of nitrogens with zero attached hydrogens (tertiary/aromatic N) is 2. The van der Waals surface area contributed by atoms with Crippen LogP contribution in [0.15, 0.2) is 122 Å². The van der Waals surface area contributed by atoms with Crippen molar-refractivity contribution in [1.29, 1.82) is 0 Å². The molecule has 6 aromatic rings. The Kier molecular flexibility index (Phi) is 12.4. The van der Waals surface area contributed by atoms with Crippen LogP contribution < -0.4 is 0 Å². The van der Waals surface area contributed by atoms with E-state index in [0.717, 1.165) is 41.8 Å². The van der Waals surface area contributed by atoms with E-state index in [1.54, 1.807) is 0 Å². The molecule has 219 valence electrons. The van der Waals surface area contributed by atoms with Gasteiger partial charge in [-0.15, -0.1) is 77.4 Å². The second kappa shape index (κ2) is 16.7. The topological polar surface area (TPSA) is 25.8 Å². The molecule has 0 N–H and O–H groups in total. The van der Waals surface area contributed by atoms with Gasteiger partial charge in [-0.3, -0.25) is 0 Å². The molecule has 2 heterocycles. The van der Waals surface area contributed by atoms with Crippen molar-refractivity contribution in [2.24, 2.45) is 0 Å². The van der Waals surface area contributed by atoms with Crippen LogP contribution in [-0.4, -0.2) is 9.97 Å². The molecule has 3 heteroatoms. The summed E-state index contributed by atoms with van der Waals surface area (Å²) in [5.41, 5.74) is 6.86. The summed E-state index contributed by atoms with van der Waals surface area (Å²) in [6.45, 7) is 5.98. The van der Waals surface area contributed by atoms with Gasteiger partial charge in [0.05, 0.1) is 0 Å². The standard InChI is InChI=1S/C21H20N.C19H18N.Ir/c1-2-3-4-5-8-17-11-13-19(14-12-17)21-20-10-7-6-9-18(20)15-16-22-21;1-2-3-6-15-9-11-17(12-10-15)19-18-8-5-4-7-16(18)13-14-20-19;/h2,6-7,9-13,15-16H,1,3-5,8H2;4-5,7-11,13-14H,2-3,6H2,1H3;/q2*-1;. The van der Waals surface area contributed by atoms with E-state index in [-0.39, 0.29) is 20.1 Å². The number of aryl methyl sites for hydroxylation is 2. The van der Waals surface area contributed by atoms with Crippen molar-refractivity contribution in [3.8, 4) is 22.5 Å². The molecule has 4 aromatic carbocycles. The summed E-state index contributed by atoms with van der Waals surface area (Å²) in [6.07, 6.45) is 13.9. The molecule has 43 heavy (non-hydrogen) atoms. The van der Waals surface area contributed by atoms with Crippen LogP contribution in [0.2, 0.25) is 0 Å². The molecule has 0 fully saturated rings. The minimum Gasteiger partial charge on any atom is -0.304 e. The van der Waals surface area contributed by atoms with E-state index in [1.165, 1.54) is 58.4 Å². The molecule has 6 rings (SSSR count). The molecule has 0 spiro atoms. The van der Waals surface area contributed by atoms with Gasteiger partial charge in [-0.1, -0.05) is 100 Å². The number of aromatic nitrogens is 2. The van der Waals surface area contributed by atoms with Gasteiger partial charge in [-0.05, 0) is 51.5 Å². The van der Waals surface area contributed by atoms with E-state index >= 15 is 0 Å². The van der Waals surface area contributed by atoms with Crippen molar-refractivity contribution in [2.45, 2.75) is 51.9 Å². The SMILES string of the molecule is C=CCCCCc1c[c-]c(-c2nccc3ccccc23)cc1.CCCCc1c[c-]c(-c2nccc3ccccc23)cc1.[Ir]. The molecule has 0 aliphatic carbocycles. The number of benzene rings is 4. The first-order valence-electron chi connectivity index (χ1n) is 15.1. The Bertz CT molecular complexity index is 1710. The number of fused-ring (bicyclic) bond motifs is 2. The van der Waals surface area contributed by atoms with Gasteiger partial charge in [0.25, 0.3) is 0 Å². The Morgan fingerprint density at radius 3 is 1.60 bits per heavy atom. The maximum atomic E-state index is 4.55. The van der Waals surface area contributed by atoms with Crippen LogP contribution >= 0.6 is 0 Å². The summed E-state index contributed by atoms with van der Waals surface area (Å²) in [4.78, 5) is 9.09. The Morgan fingerprint density at radius 2 is 1.14 bits per heavy atom. The van der Waals surface area contributed by atoms with Crippen molar-refractivity contribution in [2.75, 3.05) is 0 Å². The normalized spacial score (nSPS) is 10.5. The molecule has 1 radical (unpaired) electrons. The number of hydrogen-bond acceptors (Lipinski definition) is 2. The van der Waals surface area contributed by atoms with Crippen molar-refractivity contribution >= 4 is 21.5 Å². The second-order valence-corrected chi connectivity index (χ2v) is 10.6. The minimum absolute atomic E-state index is 0. The summed E-state index contributed by atoms with van der Waals surface area (Å²) < 4.78 is 0. The third-order valence-electron chi connectivity index (χ3n) is 7.55. The third-order valence-corrected chi connectivity index (χ3v) is 7.55. The van der Waals surface area contributed by atoms with Gasteiger partial charge >= 0.3 is 0 Å². The Balaban J connectivity index is 0.000000193. The van der Waals surface area contributed by atoms with E-state index < -0.39 is 0 Å². The Morgan fingerprint density at radius 1 is 0.628 bits per heavy atom. The van der Waals surface area contributed by atoms with E-state index in [1.807, 2.05) is 24.5 Å². The van der Waals surface area contributed by atoms with Crippen LogP contribution in [0.1, 0.15) is 50.2 Å². The quantitative estimate of drug-likeness (QED) is 0.0795. The first-order valence-corrected chi connectivity index (χ1v) is 15.1. The van der Waals surface area contributed by atoms with Crippen molar-refractivity contribution < 1.29 is 20.1 Å². The van der Waals surface area contributed by atoms with Gasteiger partial charge < -0.3 is 9.97 Å². The average molecular weight is 739 g/mol. The first-order chi connectivity index (χ1) is 20.8. The molecule has 0 amide bonds. The zero-order valence-corrected chi connectivity index (χ0v) is 27.2. The predicted molar refractivity (Wildman–Crippen MR) is 178 cm³/mol. The Hall–Kier alpha value is -3.91. The molecular formula is C40H38IrN2-2. The molecule has 0 saturated carbocycles. The fourth-order valence-corrected chi connectivity index (χ4v) is 5.19. The summed E-state index contributed by atoms with van der Waals surface area (Å²) in [6, 6.07) is 40.5. The van der Waals surface area contributed by atoms with Crippen molar-refractivity contribution in [1.82, 2.24) is 9.97 Å². The van der Waals surface area contributed by atoms with Crippen LogP contribution in [-0.2, 0) is 32.9 Å². The largest absolute Gasteiger partial charge is 0.304 e. The van der Waals surface area contributed by atoms with Crippen LogP contribution in [0.25, 0.3) is 44.1 Å². The van der Waals surface area contributed by atoms with E-state index in [2.05, 4.69) is 127 Å². The molecule has 2 nitrogen and oxygen atoms in total. The maximum Gasteiger partial charge on any atom is 0.0167 e. The number of unbranched alkanes of at least 4 members (excludes halogenated alkanes) is 3. The summed E-state index contributed by atoms with van der Waals surface area (Å²) in [7, 11) is 0. The molecule has 0 saturated heterocycles. The van der Waals surface area contributed by atoms with Crippen LogP contribution in [0.4, 0.5) is 0 Å². The van der Waals surface area contributed by atoms with Gasteiger partial charge in [-0.25, -0.2) is 0 Å². The van der Waals surface area contributed by atoms with E-state index in [0.29, 0.717) is 0 Å². The smallest absolute Gasteiger partial charge is 0.0167 e. The number of rotatable bonds is 10. The van der Waals surface area contributed by atoms with Gasteiger partial charge in [0, 0.05) is 32.5 Å². The predicted octanol–water partition coefficient (Wildman–Crippen LogP) is 10.6. The molecule has 0 unspecified atom stereocenters. The minimum atomic E-state index is 0. The summed E-state index contributed by atoms with van der Waals surface area (Å²) in [5, 5.41) is 4.81. The number of pyridine rings is 2. The van der Waals surface area contributed by atoms with Gasteiger partial charge in [0.15, 0.2) is 0 Å². The Labute approximate surface area is 270 Å². The molecule has 0 bridgehead atoms. The molecule has 0 aliphatic rings. The van der Waals surface area contributed by atoms with E-state index in [4.69, 9.17) is 0 Å². The third kappa shape index (κ3) is 8.57. The molecule has 2 aromatic heterocycles. The van der Waals surface area contributed by atoms with Gasteiger partial charge in [-0.2, -0.15) is 0 Å². The van der Waals surface area contributed by atoms with Gasteiger partial charge in [0.1, 0.15) is 0 Å². The molecular weight excluding hydrogens is 701 g/mol. The summed E-state index contributed by atoms with van der Waals surface area (Å²) >= 11 is 0. The van der Waals surface area contributed by atoms with Crippen LogP contribution in [0.5, 0.6) is 0 Å².